The van der Waals surface area contributed by atoms with Gasteiger partial charge in [0.15, 0.2) is 11.4 Å². The zero-order chi connectivity index (χ0) is 21.2. The van der Waals surface area contributed by atoms with Gasteiger partial charge in [-0.3, -0.25) is 4.79 Å². The molecule has 1 N–H and O–H groups in total. The Kier molecular flexibility index (Phi) is 5.14. The van der Waals surface area contributed by atoms with Gasteiger partial charge < -0.3 is 14.6 Å². The Morgan fingerprint density at radius 3 is 2.71 bits per heavy atom. The molecule has 31 heavy (non-hydrogen) atoms. The second-order valence-electron chi connectivity index (χ2n) is 7.42. The molecule has 3 aromatic carbocycles. The van der Waals surface area contributed by atoms with Crippen LogP contribution in [0, 0.1) is 6.92 Å². The normalized spacial score (nSPS) is 13.5. The molecule has 2 heterocycles. The van der Waals surface area contributed by atoms with Crippen LogP contribution in [-0.2, 0) is 11.3 Å². The number of nitrogens with one attached hydrogen (secondary N) is 1. The van der Waals surface area contributed by atoms with Crippen molar-refractivity contribution in [1.82, 2.24) is 4.57 Å². The SMILES string of the molecule is Cc1ccccc1N=c1scc(-c2ccc3c(c2)NC(=O)CO3)n1Cc1ccccc1. The van der Waals surface area contributed by atoms with Gasteiger partial charge in [0.1, 0.15) is 5.75 Å². The molecular weight excluding hydrogens is 406 g/mol. The Balaban J connectivity index is 1.64. The van der Waals surface area contributed by atoms with E-state index in [4.69, 9.17) is 9.73 Å². The number of nitrogens with zero attached hydrogens (tertiary/aromatic N) is 2. The molecule has 4 aromatic rings. The molecule has 5 rings (SSSR count). The minimum atomic E-state index is -0.137. The summed E-state index contributed by atoms with van der Waals surface area (Å²) in [6.45, 7) is 2.82. The summed E-state index contributed by atoms with van der Waals surface area (Å²) < 4.78 is 7.74. The van der Waals surface area contributed by atoms with Gasteiger partial charge in [-0.2, -0.15) is 0 Å². The van der Waals surface area contributed by atoms with Crippen molar-refractivity contribution >= 4 is 28.6 Å². The first kappa shape index (κ1) is 19.3. The maximum atomic E-state index is 11.8. The number of aromatic nitrogens is 1. The van der Waals surface area contributed by atoms with Gasteiger partial charge in [0.05, 0.1) is 23.6 Å². The van der Waals surface area contributed by atoms with Gasteiger partial charge in [-0.1, -0.05) is 48.5 Å². The summed E-state index contributed by atoms with van der Waals surface area (Å²) in [6.07, 6.45) is 0. The van der Waals surface area contributed by atoms with Crippen molar-refractivity contribution in [2.45, 2.75) is 13.5 Å². The number of hydrogen-bond acceptors (Lipinski definition) is 4. The third-order valence-corrected chi connectivity index (χ3v) is 6.08. The molecule has 1 aliphatic heterocycles. The van der Waals surface area contributed by atoms with Crippen molar-refractivity contribution < 1.29 is 9.53 Å². The van der Waals surface area contributed by atoms with E-state index in [1.54, 1.807) is 11.3 Å². The number of para-hydroxylation sites is 1. The van der Waals surface area contributed by atoms with E-state index in [1.165, 1.54) is 5.56 Å². The fourth-order valence-corrected chi connectivity index (χ4v) is 4.52. The number of aryl methyl sites for hydroxylation is 1. The van der Waals surface area contributed by atoms with Gasteiger partial charge >= 0.3 is 0 Å². The second kappa shape index (κ2) is 8.24. The molecule has 0 saturated heterocycles. The zero-order valence-corrected chi connectivity index (χ0v) is 17.9. The number of benzene rings is 3. The van der Waals surface area contributed by atoms with Crippen LogP contribution in [0.3, 0.4) is 0 Å². The van der Waals surface area contributed by atoms with Crippen LogP contribution in [0.4, 0.5) is 11.4 Å². The first-order valence-corrected chi connectivity index (χ1v) is 10.9. The van der Waals surface area contributed by atoms with Crippen LogP contribution in [0.15, 0.2) is 83.2 Å². The molecule has 0 saturated carbocycles. The van der Waals surface area contributed by atoms with Crippen molar-refractivity contribution in [1.29, 1.82) is 0 Å². The molecule has 1 amide bonds. The number of fused-ring (bicyclic) bond motifs is 1. The molecule has 0 atom stereocenters. The monoisotopic (exact) mass is 427 g/mol. The highest BCUT2D eigenvalue weighted by Crippen LogP contribution is 2.33. The molecule has 0 bridgehead atoms. The number of amides is 1. The van der Waals surface area contributed by atoms with Gasteiger partial charge in [0, 0.05) is 10.9 Å². The highest BCUT2D eigenvalue weighted by molar-refractivity contribution is 7.07. The van der Waals surface area contributed by atoms with E-state index in [2.05, 4.69) is 40.4 Å². The van der Waals surface area contributed by atoms with Crippen molar-refractivity contribution in [3.8, 4) is 17.0 Å². The Morgan fingerprint density at radius 2 is 1.87 bits per heavy atom. The molecule has 0 unspecified atom stereocenters. The minimum absolute atomic E-state index is 0.0538. The number of hydrogen-bond donors (Lipinski definition) is 1. The van der Waals surface area contributed by atoms with Gasteiger partial charge in [0.2, 0.25) is 0 Å². The number of carbonyl (C=O) groups is 1. The lowest BCUT2D eigenvalue weighted by Gasteiger charge is -2.19. The van der Waals surface area contributed by atoms with Crippen LogP contribution in [0.5, 0.6) is 5.75 Å². The Labute approximate surface area is 184 Å². The Bertz CT molecular complexity index is 1320. The second-order valence-corrected chi connectivity index (χ2v) is 8.26. The number of rotatable bonds is 4. The summed E-state index contributed by atoms with van der Waals surface area (Å²) in [5, 5.41) is 5.02. The number of thiazole rings is 1. The first-order chi connectivity index (χ1) is 15.2. The van der Waals surface area contributed by atoms with E-state index in [0.29, 0.717) is 18.0 Å². The third-order valence-electron chi connectivity index (χ3n) is 5.22. The van der Waals surface area contributed by atoms with E-state index >= 15 is 0 Å². The molecule has 0 aliphatic carbocycles. The molecule has 0 spiro atoms. The van der Waals surface area contributed by atoms with Crippen LogP contribution in [0.2, 0.25) is 0 Å². The fraction of sp³-hybridized carbons (Fsp3) is 0.120. The average molecular weight is 428 g/mol. The van der Waals surface area contributed by atoms with Crippen molar-refractivity contribution in [2.24, 2.45) is 4.99 Å². The van der Waals surface area contributed by atoms with Gasteiger partial charge in [0.25, 0.3) is 5.91 Å². The standard InChI is InChI=1S/C25H21N3O2S/c1-17-7-5-6-10-20(17)27-25-28(14-18-8-3-2-4-9-18)22(16-31-25)19-11-12-23-21(13-19)26-24(29)15-30-23/h2-13,16H,14-15H2,1H3,(H,26,29). The van der Waals surface area contributed by atoms with E-state index in [1.807, 2.05) is 54.6 Å². The molecule has 1 aliphatic rings. The zero-order valence-electron chi connectivity index (χ0n) is 17.0. The number of carbonyl (C=O) groups excluding carboxylic acids is 1. The average Bonchev–Trinajstić information content (AvgIpc) is 3.17. The van der Waals surface area contributed by atoms with Gasteiger partial charge in [-0.05, 0) is 42.3 Å². The summed E-state index contributed by atoms with van der Waals surface area (Å²) in [5.74, 6) is 0.556. The van der Waals surface area contributed by atoms with E-state index < -0.39 is 0 Å². The number of anilines is 1. The predicted molar refractivity (Wildman–Crippen MR) is 124 cm³/mol. The largest absolute Gasteiger partial charge is 0.482 e. The maximum Gasteiger partial charge on any atom is 0.262 e. The van der Waals surface area contributed by atoms with Crippen LogP contribution in [0.1, 0.15) is 11.1 Å². The summed E-state index contributed by atoms with van der Waals surface area (Å²) in [4.78, 5) is 17.7. The molecule has 154 valence electrons. The summed E-state index contributed by atoms with van der Waals surface area (Å²) >= 11 is 1.61. The molecule has 5 nitrogen and oxygen atoms in total. The Hall–Kier alpha value is -3.64. The maximum absolute atomic E-state index is 11.8. The van der Waals surface area contributed by atoms with Crippen LogP contribution < -0.4 is 14.9 Å². The molecule has 1 aromatic heterocycles. The van der Waals surface area contributed by atoms with Gasteiger partial charge in [-0.25, -0.2) is 4.99 Å². The minimum Gasteiger partial charge on any atom is -0.482 e. The van der Waals surface area contributed by atoms with Crippen LogP contribution in [0.25, 0.3) is 11.3 Å². The quantitative estimate of drug-likeness (QED) is 0.490. The third kappa shape index (κ3) is 4.02. The summed E-state index contributed by atoms with van der Waals surface area (Å²) in [5.41, 5.74) is 6.04. The molecular formula is C25H21N3O2S. The van der Waals surface area contributed by atoms with E-state index in [0.717, 1.165) is 27.3 Å². The summed E-state index contributed by atoms with van der Waals surface area (Å²) in [6, 6.07) is 24.4. The first-order valence-electron chi connectivity index (χ1n) is 10.1. The fourth-order valence-electron chi connectivity index (χ4n) is 3.60. The molecule has 6 heteroatoms. The highest BCUT2D eigenvalue weighted by atomic mass is 32.1. The lowest BCUT2D eigenvalue weighted by Crippen LogP contribution is -2.25. The summed E-state index contributed by atoms with van der Waals surface area (Å²) in [7, 11) is 0. The van der Waals surface area contributed by atoms with Crippen LogP contribution in [-0.4, -0.2) is 17.1 Å². The van der Waals surface area contributed by atoms with Crippen molar-refractivity contribution in [3.63, 3.8) is 0 Å². The lowest BCUT2D eigenvalue weighted by atomic mass is 10.1. The van der Waals surface area contributed by atoms with Crippen LogP contribution >= 0.6 is 11.3 Å². The predicted octanol–water partition coefficient (Wildman–Crippen LogP) is 5.14. The van der Waals surface area contributed by atoms with Gasteiger partial charge in [-0.15, -0.1) is 11.3 Å². The topological polar surface area (TPSA) is 55.6 Å². The lowest BCUT2D eigenvalue weighted by molar-refractivity contribution is -0.118. The number of ether oxygens (including phenoxy) is 1. The molecule has 0 radical (unpaired) electrons. The Morgan fingerprint density at radius 1 is 1.06 bits per heavy atom. The highest BCUT2D eigenvalue weighted by Gasteiger charge is 2.18. The smallest absolute Gasteiger partial charge is 0.262 e. The van der Waals surface area contributed by atoms with E-state index in [9.17, 15) is 4.79 Å². The van der Waals surface area contributed by atoms with Crippen molar-refractivity contribution in [3.05, 3.63) is 94.1 Å². The van der Waals surface area contributed by atoms with Crippen molar-refractivity contribution in [2.75, 3.05) is 11.9 Å². The molecule has 0 fully saturated rings. The van der Waals surface area contributed by atoms with E-state index in [-0.39, 0.29) is 12.5 Å².